The molecule has 7 heteroatoms. The van der Waals surface area contributed by atoms with Gasteiger partial charge in [0.15, 0.2) is 5.82 Å². The maximum absolute atomic E-state index is 11.3. The molecule has 2 N–H and O–H groups in total. The molecule has 0 saturated heterocycles. The van der Waals surface area contributed by atoms with Gasteiger partial charge in [-0.2, -0.15) is 4.68 Å². The minimum atomic E-state index is -0.350. The number of carbonyl (C=O) groups is 1. The van der Waals surface area contributed by atoms with Gasteiger partial charge in [-0.15, -0.1) is 5.10 Å². The third-order valence-electron chi connectivity index (χ3n) is 3.55. The number of rotatable bonds is 7. The Morgan fingerprint density at radius 2 is 1.96 bits per heavy atom. The summed E-state index contributed by atoms with van der Waals surface area (Å²) in [6.07, 6.45) is 0. The van der Waals surface area contributed by atoms with Crippen molar-refractivity contribution < 1.29 is 4.79 Å². The highest BCUT2D eigenvalue weighted by atomic mass is 16.1. The molecule has 0 unspecified atom stereocenters. The number of primary amides is 1. The van der Waals surface area contributed by atoms with Crippen LogP contribution in [-0.4, -0.2) is 44.1 Å². The summed E-state index contributed by atoms with van der Waals surface area (Å²) in [5.41, 5.74) is 8.54. The van der Waals surface area contributed by atoms with Crippen LogP contribution in [-0.2, 0) is 11.3 Å². The Hall–Kier alpha value is -2.28. The number of hydrogen-bond donors (Lipinski definition) is 1. The van der Waals surface area contributed by atoms with E-state index in [0.29, 0.717) is 18.3 Å². The number of benzene rings is 1. The average molecular weight is 316 g/mol. The lowest BCUT2D eigenvalue weighted by molar-refractivity contribution is -0.119. The van der Waals surface area contributed by atoms with Gasteiger partial charge in [0, 0.05) is 6.54 Å². The lowest BCUT2D eigenvalue weighted by Crippen LogP contribution is -2.36. The zero-order valence-electron chi connectivity index (χ0n) is 14.2. The van der Waals surface area contributed by atoms with E-state index in [2.05, 4.69) is 29.4 Å². The van der Waals surface area contributed by atoms with Crippen LogP contribution in [0.3, 0.4) is 0 Å². The third kappa shape index (κ3) is 4.35. The molecule has 0 saturated carbocycles. The number of amides is 1. The minimum Gasteiger partial charge on any atom is -0.369 e. The topological polar surface area (TPSA) is 89.9 Å². The Kier molecular flexibility index (Phi) is 5.44. The molecule has 1 amide bonds. The molecule has 1 heterocycles. The van der Waals surface area contributed by atoms with Gasteiger partial charge in [-0.3, -0.25) is 9.69 Å². The number of nitrogens with zero attached hydrogens (tertiary/aromatic N) is 5. The monoisotopic (exact) mass is 316 g/mol. The predicted molar refractivity (Wildman–Crippen MR) is 87.9 cm³/mol. The summed E-state index contributed by atoms with van der Waals surface area (Å²) in [7, 11) is 0. The molecule has 0 radical (unpaired) electrons. The molecule has 0 fully saturated rings. The van der Waals surface area contributed by atoms with E-state index in [9.17, 15) is 4.79 Å². The number of aryl methyl sites for hydroxylation is 2. The van der Waals surface area contributed by atoms with Crippen LogP contribution in [0, 0.1) is 19.8 Å². The first kappa shape index (κ1) is 17.1. The molecular formula is C16H24N6O. The number of hydrogen-bond acceptors (Lipinski definition) is 5. The summed E-state index contributed by atoms with van der Waals surface area (Å²) in [4.78, 5) is 13.3. The normalized spacial score (nSPS) is 11.4. The maximum atomic E-state index is 11.3. The van der Waals surface area contributed by atoms with Gasteiger partial charge in [0.2, 0.25) is 5.91 Å². The molecule has 0 aliphatic heterocycles. The van der Waals surface area contributed by atoms with Crippen LogP contribution in [0.15, 0.2) is 18.2 Å². The Morgan fingerprint density at radius 1 is 1.30 bits per heavy atom. The average Bonchev–Trinajstić information content (AvgIpc) is 2.85. The molecule has 0 aliphatic rings. The van der Waals surface area contributed by atoms with Crippen molar-refractivity contribution in [2.24, 2.45) is 11.7 Å². The number of para-hydroxylation sites is 1. The quantitative estimate of drug-likeness (QED) is 0.829. The molecular weight excluding hydrogens is 292 g/mol. The highest BCUT2D eigenvalue weighted by Gasteiger charge is 2.18. The van der Waals surface area contributed by atoms with E-state index in [1.54, 1.807) is 4.68 Å². The van der Waals surface area contributed by atoms with E-state index >= 15 is 0 Å². The van der Waals surface area contributed by atoms with Gasteiger partial charge in [-0.1, -0.05) is 32.0 Å². The molecule has 124 valence electrons. The molecule has 2 rings (SSSR count). The Bertz CT molecular complexity index is 659. The smallest absolute Gasteiger partial charge is 0.231 e. The third-order valence-corrected chi connectivity index (χ3v) is 3.55. The lowest BCUT2D eigenvalue weighted by Gasteiger charge is -2.22. The zero-order valence-corrected chi connectivity index (χ0v) is 14.2. The van der Waals surface area contributed by atoms with E-state index in [1.165, 1.54) is 0 Å². The van der Waals surface area contributed by atoms with Gasteiger partial charge in [-0.05, 0) is 41.3 Å². The van der Waals surface area contributed by atoms with Crippen LogP contribution in [0.1, 0.15) is 30.8 Å². The first-order valence-electron chi connectivity index (χ1n) is 7.73. The summed E-state index contributed by atoms with van der Waals surface area (Å²) in [6, 6.07) is 6.07. The molecule has 0 aliphatic carbocycles. The predicted octanol–water partition coefficient (Wildman–Crippen LogP) is 1.22. The lowest BCUT2D eigenvalue weighted by atomic mass is 10.1. The minimum absolute atomic E-state index is 0.192. The molecule has 1 aromatic carbocycles. The number of carbonyl (C=O) groups excluding carboxylic acids is 1. The highest BCUT2D eigenvalue weighted by Crippen LogP contribution is 2.19. The van der Waals surface area contributed by atoms with Gasteiger partial charge >= 0.3 is 0 Å². The van der Waals surface area contributed by atoms with E-state index in [-0.39, 0.29) is 12.5 Å². The molecule has 0 atom stereocenters. The van der Waals surface area contributed by atoms with Crippen LogP contribution in [0.5, 0.6) is 0 Å². The van der Waals surface area contributed by atoms with Crippen molar-refractivity contribution in [1.82, 2.24) is 25.1 Å². The SMILES string of the molecule is Cc1cccc(C)c1-n1nnnc1CN(CC(N)=O)CC(C)C. The van der Waals surface area contributed by atoms with Crippen molar-refractivity contribution in [3.63, 3.8) is 0 Å². The van der Waals surface area contributed by atoms with Gasteiger partial charge in [0.25, 0.3) is 0 Å². The van der Waals surface area contributed by atoms with Crippen molar-refractivity contribution in [2.75, 3.05) is 13.1 Å². The van der Waals surface area contributed by atoms with Crippen LogP contribution >= 0.6 is 0 Å². The largest absolute Gasteiger partial charge is 0.369 e. The summed E-state index contributed by atoms with van der Waals surface area (Å²) >= 11 is 0. The second-order valence-corrected chi connectivity index (χ2v) is 6.28. The summed E-state index contributed by atoms with van der Waals surface area (Å²) < 4.78 is 1.75. The Balaban J connectivity index is 2.31. The standard InChI is InChI=1S/C16H24N6O/c1-11(2)8-21(9-14(17)23)10-15-18-19-20-22(15)16-12(3)6-5-7-13(16)4/h5-7,11H,8-10H2,1-4H3,(H2,17,23). The number of nitrogens with two attached hydrogens (primary N) is 1. The first-order valence-corrected chi connectivity index (χ1v) is 7.73. The summed E-state index contributed by atoms with van der Waals surface area (Å²) in [6.45, 7) is 9.68. The van der Waals surface area contributed by atoms with E-state index in [4.69, 9.17) is 5.73 Å². The van der Waals surface area contributed by atoms with Crippen molar-refractivity contribution in [3.05, 3.63) is 35.2 Å². The fourth-order valence-electron chi connectivity index (χ4n) is 2.74. The van der Waals surface area contributed by atoms with Crippen LogP contribution < -0.4 is 5.73 Å². The van der Waals surface area contributed by atoms with Gasteiger partial charge in [0.1, 0.15) is 0 Å². The van der Waals surface area contributed by atoms with Gasteiger partial charge in [-0.25, -0.2) is 0 Å². The second-order valence-electron chi connectivity index (χ2n) is 6.28. The van der Waals surface area contributed by atoms with E-state index < -0.39 is 0 Å². The molecule has 1 aromatic heterocycles. The second kappa shape index (κ2) is 7.32. The van der Waals surface area contributed by atoms with E-state index in [1.807, 2.05) is 36.9 Å². The number of aromatic nitrogens is 4. The Morgan fingerprint density at radius 3 is 2.52 bits per heavy atom. The van der Waals surface area contributed by atoms with Crippen molar-refractivity contribution in [3.8, 4) is 5.69 Å². The highest BCUT2D eigenvalue weighted by molar-refractivity contribution is 5.75. The fraction of sp³-hybridized carbons (Fsp3) is 0.500. The molecule has 7 nitrogen and oxygen atoms in total. The van der Waals surface area contributed by atoms with Crippen LogP contribution in [0.4, 0.5) is 0 Å². The maximum Gasteiger partial charge on any atom is 0.231 e. The molecule has 2 aromatic rings. The van der Waals surface area contributed by atoms with Crippen molar-refractivity contribution >= 4 is 5.91 Å². The van der Waals surface area contributed by atoms with Gasteiger partial charge in [0.05, 0.1) is 18.8 Å². The van der Waals surface area contributed by atoms with E-state index in [0.717, 1.165) is 23.4 Å². The Labute approximate surface area is 136 Å². The summed E-state index contributed by atoms with van der Waals surface area (Å²) in [5.74, 6) is 0.764. The molecule has 0 bridgehead atoms. The van der Waals surface area contributed by atoms with Crippen LogP contribution in [0.2, 0.25) is 0 Å². The fourth-order valence-corrected chi connectivity index (χ4v) is 2.74. The van der Waals surface area contributed by atoms with Crippen LogP contribution in [0.25, 0.3) is 5.69 Å². The zero-order chi connectivity index (χ0) is 17.0. The first-order chi connectivity index (χ1) is 10.9. The summed E-state index contributed by atoms with van der Waals surface area (Å²) in [5, 5.41) is 12.1. The van der Waals surface area contributed by atoms with Gasteiger partial charge < -0.3 is 5.73 Å². The molecule has 0 spiro atoms. The van der Waals surface area contributed by atoms with Crippen molar-refractivity contribution in [1.29, 1.82) is 0 Å². The number of tetrazole rings is 1. The molecule has 23 heavy (non-hydrogen) atoms. The van der Waals surface area contributed by atoms with Crippen molar-refractivity contribution in [2.45, 2.75) is 34.2 Å².